The van der Waals surface area contributed by atoms with Crippen LogP contribution in [0.4, 0.5) is 0 Å². The van der Waals surface area contributed by atoms with Gasteiger partial charge in [0.2, 0.25) is 0 Å². The van der Waals surface area contributed by atoms with Crippen LogP contribution in [0.25, 0.3) is 0 Å². The number of aryl methyl sites for hydroxylation is 1. The van der Waals surface area contributed by atoms with Crippen molar-refractivity contribution in [3.63, 3.8) is 0 Å². The minimum Gasteiger partial charge on any atom is -0.0961 e. The van der Waals surface area contributed by atoms with E-state index in [9.17, 15) is 0 Å². The van der Waals surface area contributed by atoms with Crippen LogP contribution >= 0.6 is 0 Å². The summed E-state index contributed by atoms with van der Waals surface area (Å²) in [6, 6.07) is 8.91. The van der Waals surface area contributed by atoms with E-state index in [1.807, 2.05) is 6.92 Å². The van der Waals surface area contributed by atoms with E-state index in [-0.39, 0.29) is 0 Å². The molecule has 0 radical (unpaired) electrons. The lowest BCUT2D eigenvalue weighted by molar-refractivity contribution is 0.490. The quantitative estimate of drug-likeness (QED) is 0.566. The lowest BCUT2D eigenvalue weighted by Crippen LogP contribution is -2.02. The van der Waals surface area contributed by atoms with Gasteiger partial charge in [0.1, 0.15) is 0 Å². The topological polar surface area (TPSA) is 0 Å². The first kappa shape index (κ1) is 14.8. The Hall–Kier alpha value is -1.30. The third-order valence-corrected chi connectivity index (χ3v) is 3.47. The molecule has 0 aliphatic rings. The molecule has 0 aromatic heterocycles. The molecule has 1 rings (SSSR count). The standard InChI is InChI=1S/C18H26/c1-6-15(4)13-18(10-7-14(2)3)17-11-8-16(5)9-12-17/h7-12,15,18H,2,6,13H2,1,3-5H3. The van der Waals surface area contributed by atoms with Crippen LogP contribution in [0.2, 0.25) is 0 Å². The fraction of sp³-hybridized carbons (Fsp3) is 0.444. The molecule has 0 saturated heterocycles. The predicted molar refractivity (Wildman–Crippen MR) is 81.9 cm³/mol. The summed E-state index contributed by atoms with van der Waals surface area (Å²) in [5.41, 5.74) is 3.86. The molecular weight excluding hydrogens is 216 g/mol. The zero-order chi connectivity index (χ0) is 13.5. The highest BCUT2D eigenvalue weighted by atomic mass is 14.2. The van der Waals surface area contributed by atoms with Gasteiger partial charge in [-0.15, -0.1) is 0 Å². The second kappa shape index (κ2) is 7.20. The lowest BCUT2D eigenvalue weighted by atomic mass is 9.87. The van der Waals surface area contributed by atoms with Gasteiger partial charge in [-0.1, -0.05) is 74.4 Å². The summed E-state index contributed by atoms with van der Waals surface area (Å²) in [4.78, 5) is 0. The van der Waals surface area contributed by atoms with E-state index in [4.69, 9.17) is 0 Å². The summed E-state index contributed by atoms with van der Waals surface area (Å²) < 4.78 is 0. The zero-order valence-corrected chi connectivity index (χ0v) is 12.2. The smallest absolute Gasteiger partial charge is 0.00237 e. The van der Waals surface area contributed by atoms with E-state index in [1.54, 1.807) is 0 Å². The fourth-order valence-electron chi connectivity index (χ4n) is 2.02. The molecule has 18 heavy (non-hydrogen) atoms. The van der Waals surface area contributed by atoms with E-state index >= 15 is 0 Å². The van der Waals surface area contributed by atoms with Gasteiger partial charge >= 0.3 is 0 Å². The summed E-state index contributed by atoms with van der Waals surface area (Å²) in [7, 11) is 0. The average molecular weight is 242 g/mol. The number of hydrogen-bond acceptors (Lipinski definition) is 0. The van der Waals surface area contributed by atoms with Crippen LogP contribution < -0.4 is 0 Å². The van der Waals surface area contributed by atoms with Crippen LogP contribution in [0.5, 0.6) is 0 Å². The largest absolute Gasteiger partial charge is 0.0961 e. The molecule has 0 nitrogen and oxygen atoms in total. The number of benzene rings is 1. The van der Waals surface area contributed by atoms with E-state index in [0.717, 1.165) is 11.5 Å². The van der Waals surface area contributed by atoms with Gasteiger partial charge < -0.3 is 0 Å². The Bertz CT molecular complexity index is 395. The molecule has 0 bridgehead atoms. The van der Waals surface area contributed by atoms with Crippen molar-refractivity contribution in [2.24, 2.45) is 5.92 Å². The monoisotopic (exact) mass is 242 g/mol. The molecule has 0 aliphatic heterocycles. The highest BCUT2D eigenvalue weighted by molar-refractivity contribution is 5.29. The maximum absolute atomic E-state index is 3.95. The predicted octanol–water partition coefficient (Wildman–Crippen LogP) is 5.65. The molecule has 0 aliphatic carbocycles. The second-order valence-corrected chi connectivity index (χ2v) is 5.47. The summed E-state index contributed by atoms with van der Waals surface area (Å²) >= 11 is 0. The Labute approximate surface area is 112 Å². The van der Waals surface area contributed by atoms with Gasteiger partial charge in [-0.05, 0) is 31.7 Å². The molecule has 0 amide bonds. The van der Waals surface area contributed by atoms with Gasteiger partial charge in [-0.3, -0.25) is 0 Å². The van der Waals surface area contributed by atoms with Gasteiger partial charge in [0.25, 0.3) is 0 Å². The molecule has 0 saturated carbocycles. The molecule has 2 unspecified atom stereocenters. The Morgan fingerprint density at radius 2 is 1.89 bits per heavy atom. The lowest BCUT2D eigenvalue weighted by Gasteiger charge is -2.18. The van der Waals surface area contributed by atoms with Gasteiger partial charge in [0.15, 0.2) is 0 Å². The molecule has 98 valence electrons. The highest BCUT2D eigenvalue weighted by Crippen LogP contribution is 2.27. The minimum atomic E-state index is 0.511. The molecule has 2 atom stereocenters. The van der Waals surface area contributed by atoms with Crippen molar-refractivity contribution in [2.75, 3.05) is 0 Å². The van der Waals surface area contributed by atoms with Gasteiger partial charge in [0, 0.05) is 5.92 Å². The molecule has 0 fully saturated rings. The zero-order valence-electron chi connectivity index (χ0n) is 12.2. The maximum atomic E-state index is 3.95. The Kier molecular flexibility index (Phi) is 5.91. The Balaban J connectivity index is 2.88. The van der Waals surface area contributed by atoms with E-state index in [0.29, 0.717) is 5.92 Å². The van der Waals surface area contributed by atoms with Crippen molar-refractivity contribution in [2.45, 2.75) is 46.5 Å². The number of allylic oxidation sites excluding steroid dienone is 3. The first-order chi connectivity index (χ1) is 8.52. The first-order valence-corrected chi connectivity index (χ1v) is 6.93. The third-order valence-electron chi connectivity index (χ3n) is 3.47. The summed E-state index contributed by atoms with van der Waals surface area (Å²) in [5, 5.41) is 0. The maximum Gasteiger partial charge on any atom is 0.00237 e. The second-order valence-electron chi connectivity index (χ2n) is 5.47. The molecule has 0 heteroatoms. The van der Waals surface area contributed by atoms with E-state index in [1.165, 1.54) is 24.0 Å². The molecule has 0 heterocycles. The van der Waals surface area contributed by atoms with Gasteiger partial charge in [0.05, 0.1) is 0 Å². The van der Waals surface area contributed by atoms with Crippen molar-refractivity contribution in [3.05, 3.63) is 59.7 Å². The molecule has 0 N–H and O–H groups in total. The van der Waals surface area contributed by atoms with Crippen molar-refractivity contribution in [3.8, 4) is 0 Å². The van der Waals surface area contributed by atoms with Crippen LogP contribution in [-0.4, -0.2) is 0 Å². The highest BCUT2D eigenvalue weighted by Gasteiger charge is 2.11. The molecule has 1 aromatic carbocycles. The normalized spacial score (nSPS) is 14.7. The summed E-state index contributed by atoms with van der Waals surface area (Å²) in [6.45, 7) is 12.7. The van der Waals surface area contributed by atoms with Crippen LogP contribution in [0.3, 0.4) is 0 Å². The van der Waals surface area contributed by atoms with Gasteiger partial charge in [-0.25, -0.2) is 0 Å². The molecule has 0 spiro atoms. The number of hydrogen-bond donors (Lipinski definition) is 0. The average Bonchev–Trinajstić information content (AvgIpc) is 2.35. The van der Waals surface area contributed by atoms with Crippen molar-refractivity contribution < 1.29 is 0 Å². The summed E-state index contributed by atoms with van der Waals surface area (Å²) in [6.07, 6.45) is 6.90. The SMILES string of the molecule is C=C(C)C=CC(CC(C)CC)c1ccc(C)cc1. The molecular formula is C18H26. The van der Waals surface area contributed by atoms with Crippen LogP contribution in [0.1, 0.15) is 50.7 Å². The van der Waals surface area contributed by atoms with Crippen molar-refractivity contribution in [1.29, 1.82) is 0 Å². The first-order valence-electron chi connectivity index (χ1n) is 6.93. The van der Waals surface area contributed by atoms with E-state index < -0.39 is 0 Å². The van der Waals surface area contributed by atoms with Gasteiger partial charge in [-0.2, -0.15) is 0 Å². The van der Waals surface area contributed by atoms with Crippen LogP contribution in [0.15, 0.2) is 48.6 Å². The Morgan fingerprint density at radius 1 is 1.28 bits per heavy atom. The summed E-state index contributed by atoms with van der Waals surface area (Å²) in [5.74, 6) is 1.27. The third kappa shape index (κ3) is 4.91. The fourth-order valence-corrected chi connectivity index (χ4v) is 2.02. The van der Waals surface area contributed by atoms with Crippen molar-refractivity contribution >= 4 is 0 Å². The number of rotatable bonds is 6. The molecule has 1 aromatic rings. The Morgan fingerprint density at radius 3 is 2.39 bits per heavy atom. The van der Waals surface area contributed by atoms with E-state index in [2.05, 4.69) is 63.8 Å². The minimum absolute atomic E-state index is 0.511. The van der Waals surface area contributed by atoms with Crippen molar-refractivity contribution in [1.82, 2.24) is 0 Å². The van der Waals surface area contributed by atoms with Crippen LogP contribution in [0, 0.1) is 12.8 Å². The van der Waals surface area contributed by atoms with Crippen LogP contribution in [-0.2, 0) is 0 Å².